The summed E-state index contributed by atoms with van der Waals surface area (Å²) in [6.45, 7) is 1.77. The first-order chi connectivity index (χ1) is 12.5. The minimum absolute atomic E-state index is 0.0550. The Balaban J connectivity index is 1.68. The van der Waals surface area contributed by atoms with Crippen molar-refractivity contribution in [2.45, 2.75) is 37.5 Å². The van der Waals surface area contributed by atoms with E-state index in [1.165, 1.54) is 11.6 Å². The van der Waals surface area contributed by atoms with Crippen LogP contribution in [0, 0.1) is 11.6 Å². The third kappa shape index (κ3) is 3.38. The second-order valence-corrected chi connectivity index (χ2v) is 7.96. The third-order valence-electron chi connectivity index (χ3n) is 5.31. The highest BCUT2D eigenvalue weighted by Gasteiger charge is 2.39. The fraction of sp³-hybridized carbons (Fsp3) is 0.400. The summed E-state index contributed by atoms with van der Waals surface area (Å²) in [5.41, 5.74) is 8.44. The minimum Gasteiger partial charge on any atom is -0.480 e. The van der Waals surface area contributed by atoms with E-state index in [0.29, 0.717) is 0 Å². The maximum absolute atomic E-state index is 14.3. The Hall–Kier alpha value is -1.50. The molecule has 1 aliphatic heterocycles. The van der Waals surface area contributed by atoms with Crippen LogP contribution in [0.4, 0.5) is 8.78 Å². The molecule has 0 aromatic heterocycles. The lowest BCUT2D eigenvalue weighted by atomic mass is 10.0. The summed E-state index contributed by atoms with van der Waals surface area (Å²) in [7, 11) is 0. The monoisotopic (exact) mass is 422 g/mol. The molecule has 3 nitrogen and oxygen atoms in total. The number of halogens is 3. The maximum atomic E-state index is 14.3. The van der Waals surface area contributed by atoms with Gasteiger partial charge in [0.1, 0.15) is 11.9 Å². The summed E-state index contributed by atoms with van der Waals surface area (Å²) in [5, 5.41) is 0. The van der Waals surface area contributed by atoms with Crippen molar-refractivity contribution in [3.8, 4) is 5.75 Å². The van der Waals surface area contributed by atoms with Crippen LogP contribution in [0.15, 0.2) is 40.9 Å². The first-order valence-corrected chi connectivity index (χ1v) is 9.71. The summed E-state index contributed by atoms with van der Waals surface area (Å²) >= 11 is 3.23. The molecule has 0 radical (unpaired) electrons. The van der Waals surface area contributed by atoms with Crippen molar-refractivity contribution in [1.29, 1.82) is 0 Å². The zero-order valence-electron chi connectivity index (χ0n) is 14.3. The van der Waals surface area contributed by atoms with Crippen LogP contribution in [-0.4, -0.2) is 30.1 Å². The van der Waals surface area contributed by atoms with E-state index in [1.807, 2.05) is 18.2 Å². The summed E-state index contributed by atoms with van der Waals surface area (Å²) in [6.07, 6.45) is 2.61. The molecule has 4 rings (SSSR count). The van der Waals surface area contributed by atoms with Gasteiger partial charge in [-0.1, -0.05) is 24.3 Å². The van der Waals surface area contributed by atoms with Crippen LogP contribution in [0.25, 0.3) is 0 Å². The van der Waals surface area contributed by atoms with Crippen molar-refractivity contribution in [2.24, 2.45) is 5.73 Å². The quantitative estimate of drug-likeness (QED) is 0.805. The summed E-state index contributed by atoms with van der Waals surface area (Å²) in [6, 6.07) is 10.4. The fourth-order valence-electron chi connectivity index (χ4n) is 4.11. The average molecular weight is 423 g/mol. The largest absolute Gasteiger partial charge is 0.480 e. The molecule has 2 aliphatic rings. The lowest BCUT2D eigenvalue weighted by Gasteiger charge is -2.38. The van der Waals surface area contributed by atoms with Crippen LogP contribution in [0.2, 0.25) is 0 Å². The molecule has 2 aromatic carbocycles. The minimum atomic E-state index is -0.699. The Morgan fingerprint density at radius 2 is 2.00 bits per heavy atom. The molecular formula is C20H21BrF2N2O. The van der Waals surface area contributed by atoms with Crippen LogP contribution in [0.3, 0.4) is 0 Å². The highest BCUT2D eigenvalue weighted by molar-refractivity contribution is 9.10. The van der Waals surface area contributed by atoms with Crippen molar-refractivity contribution in [1.82, 2.24) is 4.90 Å². The van der Waals surface area contributed by atoms with Gasteiger partial charge in [0.2, 0.25) is 0 Å². The highest BCUT2D eigenvalue weighted by Crippen LogP contribution is 2.41. The fourth-order valence-corrected chi connectivity index (χ4v) is 4.61. The van der Waals surface area contributed by atoms with Crippen molar-refractivity contribution < 1.29 is 13.5 Å². The lowest BCUT2D eigenvalue weighted by molar-refractivity contribution is 0.0565. The number of rotatable bonds is 3. The van der Waals surface area contributed by atoms with Gasteiger partial charge in [0.05, 0.1) is 10.5 Å². The molecule has 1 aliphatic carbocycles. The first-order valence-electron chi connectivity index (χ1n) is 8.91. The lowest BCUT2D eigenvalue weighted by Crippen LogP contribution is -2.49. The van der Waals surface area contributed by atoms with E-state index in [4.69, 9.17) is 10.5 Å². The van der Waals surface area contributed by atoms with Crippen LogP contribution < -0.4 is 10.5 Å². The molecule has 26 heavy (non-hydrogen) atoms. The van der Waals surface area contributed by atoms with Crippen molar-refractivity contribution >= 4 is 15.9 Å². The summed E-state index contributed by atoms with van der Waals surface area (Å²) < 4.78 is 34.2. The predicted molar refractivity (Wildman–Crippen MR) is 100 cm³/mol. The van der Waals surface area contributed by atoms with E-state index in [0.717, 1.165) is 44.0 Å². The highest BCUT2D eigenvalue weighted by atomic mass is 79.9. The molecular weight excluding hydrogens is 402 g/mol. The van der Waals surface area contributed by atoms with Gasteiger partial charge in [-0.2, -0.15) is 0 Å². The molecule has 0 amide bonds. The van der Waals surface area contributed by atoms with Crippen LogP contribution in [0.1, 0.15) is 30.1 Å². The molecule has 138 valence electrons. The van der Waals surface area contributed by atoms with E-state index in [2.05, 4.69) is 26.9 Å². The number of fused-ring (bicyclic) bond motifs is 1. The average Bonchev–Trinajstić information content (AvgIpc) is 2.96. The van der Waals surface area contributed by atoms with Gasteiger partial charge in [-0.15, -0.1) is 0 Å². The Bertz CT molecular complexity index is 793. The number of likely N-dealkylation sites (tertiary alicyclic amines) is 1. The van der Waals surface area contributed by atoms with Crippen LogP contribution in [-0.2, 0) is 6.42 Å². The molecule has 2 N–H and O–H groups in total. The normalized spacial score (nSPS) is 25.9. The number of nitrogens with two attached hydrogens (primary N) is 1. The first kappa shape index (κ1) is 17.9. The Morgan fingerprint density at radius 3 is 2.77 bits per heavy atom. The van der Waals surface area contributed by atoms with Gasteiger partial charge in [-0.05, 0) is 58.9 Å². The van der Waals surface area contributed by atoms with E-state index in [-0.39, 0.29) is 28.4 Å². The van der Waals surface area contributed by atoms with E-state index in [9.17, 15) is 8.78 Å². The van der Waals surface area contributed by atoms with E-state index in [1.54, 1.807) is 0 Å². The maximum Gasteiger partial charge on any atom is 0.170 e. The summed E-state index contributed by atoms with van der Waals surface area (Å²) in [5.74, 6) is -1.28. The molecule has 0 bridgehead atoms. The molecule has 1 heterocycles. The summed E-state index contributed by atoms with van der Waals surface area (Å²) in [4.78, 5) is 2.36. The Morgan fingerprint density at radius 1 is 1.19 bits per heavy atom. The van der Waals surface area contributed by atoms with Gasteiger partial charge >= 0.3 is 0 Å². The van der Waals surface area contributed by atoms with Gasteiger partial charge < -0.3 is 10.5 Å². The molecule has 0 saturated carbocycles. The number of benzene rings is 2. The van der Waals surface area contributed by atoms with Crippen molar-refractivity contribution in [3.63, 3.8) is 0 Å². The van der Waals surface area contributed by atoms with Gasteiger partial charge in [0.15, 0.2) is 11.6 Å². The Labute approximate surface area is 160 Å². The number of piperidine rings is 1. The second kappa shape index (κ2) is 7.25. The molecule has 3 atom stereocenters. The molecule has 0 unspecified atom stereocenters. The number of nitrogens with zero attached hydrogens (tertiary/aromatic N) is 1. The predicted octanol–water partition coefficient (Wildman–Crippen LogP) is 4.20. The van der Waals surface area contributed by atoms with Crippen LogP contribution >= 0.6 is 15.9 Å². The topological polar surface area (TPSA) is 38.5 Å². The standard InChI is InChI=1S/C20H21BrF2N2O/c21-16-9-13(22)10-17(23)20(16)26-19-15-6-2-1-4-12(15)8-18(19)25-7-3-5-14(24)11-25/h1-2,4,6,9-10,14,18-19H,3,5,7-8,11,24H2/t14-,18+,19-/m0/s1. The van der Waals surface area contributed by atoms with Crippen molar-refractivity contribution in [3.05, 3.63) is 63.6 Å². The molecule has 1 saturated heterocycles. The van der Waals surface area contributed by atoms with Gasteiger partial charge in [-0.25, -0.2) is 8.78 Å². The molecule has 1 fully saturated rings. The second-order valence-electron chi connectivity index (χ2n) is 7.10. The van der Waals surface area contributed by atoms with Gasteiger partial charge in [-0.3, -0.25) is 4.90 Å². The van der Waals surface area contributed by atoms with E-state index >= 15 is 0 Å². The zero-order chi connectivity index (χ0) is 18.3. The number of hydrogen-bond acceptors (Lipinski definition) is 3. The third-order valence-corrected chi connectivity index (χ3v) is 5.90. The SMILES string of the molecule is N[C@H]1CCCN([C@@H]2Cc3ccccc3[C@@H]2Oc2c(F)cc(F)cc2Br)C1. The number of hydrogen-bond donors (Lipinski definition) is 1. The van der Waals surface area contributed by atoms with Crippen molar-refractivity contribution in [2.75, 3.05) is 13.1 Å². The van der Waals surface area contributed by atoms with Gasteiger partial charge in [0, 0.05) is 18.7 Å². The molecule has 6 heteroatoms. The molecule has 0 spiro atoms. The zero-order valence-corrected chi connectivity index (χ0v) is 15.9. The van der Waals surface area contributed by atoms with Crippen LogP contribution in [0.5, 0.6) is 5.75 Å². The number of ether oxygens (including phenoxy) is 1. The molecule has 2 aromatic rings. The smallest absolute Gasteiger partial charge is 0.170 e. The Kier molecular flexibility index (Phi) is 4.99. The van der Waals surface area contributed by atoms with Gasteiger partial charge in [0.25, 0.3) is 0 Å². The van der Waals surface area contributed by atoms with E-state index < -0.39 is 11.6 Å².